The van der Waals surface area contributed by atoms with Crippen LogP contribution in [0.3, 0.4) is 0 Å². The SMILES string of the molecule is OC(Cc1cccc(Br)c1)C1CCC2CCCCC2C1. The molecule has 0 aliphatic heterocycles. The van der Waals surface area contributed by atoms with Crippen molar-refractivity contribution in [3.8, 4) is 0 Å². The zero-order valence-electron chi connectivity index (χ0n) is 12.1. The van der Waals surface area contributed by atoms with Gasteiger partial charge in [-0.25, -0.2) is 0 Å². The Bertz CT molecular complexity index is 445. The number of rotatable bonds is 3. The summed E-state index contributed by atoms with van der Waals surface area (Å²) in [5, 5.41) is 10.6. The molecule has 1 aromatic carbocycles. The minimum absolute atomic E-state index is 0.160. The molecule has 2 saturated carbocycles. The first-order valence-electron chi connectivity index (χ1n) is 8.15. The fraction of sp³-hybridized carbons (Fsp3) is 0.667. The van der Waals surface area contributed by atoms with Crippen LogP contribution in [-0.4, -0.2) is 11.2 Å². The monoisotopic (exact) mass is 336 g/mol. The Morgan fingerprint density at radius 3 is 2.70 bits per heavy atom. The third kappa shape index (κ3) is 3.46. The summed E-state index contributed by atoms with van der Waals surface area (Å²) in [7, 11) is 0. The van der Waals surface area contributed by atoms with Crippen molar-refractivity contribution in [2.24, 2.45) is 17.8 Å². The molecule has 3 rings (SSSR count). The lowest BCUT2D eigenvalue weighted by Gasteiger charge is -2.40. The molecule has 110 valence electrons. The first-order chi connectivity index (χ1) is 9.72. The Kier molecular flexibility index (Phi) is 4.83. The van der Waals surface area contributed by atoms with Gasteiger partial charge in [0.05, 0.1) is 6.10 Å². The lowest BCUT2D eigenvalue weighted by molar-refractivity contribution is 0.0361. The van der Waals surface area contributed by atoms with Crippen molar-refractivity contribution in [2.45, 2.75) is 57.5 Å². The molecule has 20 heavy (non-hydrogen) atoms. The predicted octanol–water partition coefficient (Wildman–Crippen LogP) is 4.96. The number of hydrogen-bond acceptors (Lipinski definition) is 1. The Labute approximate surface area is 130 Å². The van der Waals surface area contributed by atoms with Crippen LogP contribution in [0.15, 0.2) is 28.7 Å². The van der Waals surface area contributed by atoms with Crippen molar-refractivity contribution < 1.29 is 5.11 Å². The molecular formula is C18H25BrO. The van der Waals surface area contributed by atoms with E-state index in [4.69, 9.17) is 0 Å². The van der Waals surface area contributed by atoms with Gasteiger partial charge in [-0.05, 0) is 61.1 Å². The highest BCUT2D eigenvalue weighted by molar-refractivity contribution is 9.10. The van der Waals surface area contributed by atoms with Gasteiger partial charge in [-0.15, -0.1) is 0 Å². The molecule has 0 amide bonds. The van der Waals surface area contributed by atoms with E-state index < -0.39 is 0 Å². The molecule has 1 nitrogen and oxygen atoms in total. The maximum atomic E-state index is 10.6. The quantitative estimate of drug-likeness (QED) is 0.827. The maximum Gasteiger partial charge on any atom is 0.0608 e. The van der Waals surface area contributed by atoms with E-state index in [1.54, 1.807) is 0 Å². The fourth-order valence-corrected chi connectivity index (χ4v) is 4.78. The van der Waals surface area contributed by atoms with Crippen LogP contribution in [0.5, 0.6) is 0 Å². The van der Waals surface area contributed by atoms with Gasteiger partial charge in [0.25, 0.3) is 0 Å². The molecule has 0 radical (unpaired) electrons. The van der Waals surface area contributed by atoms with Crippen molar-refractivity contribution in [3.05, 3.63) is 34.3 Å². The first-order valence-corrected chi connectivity index (χ1v) is 8.94. The zero-order chi connectivity index (χ0) is 13.9. The largest absolute Gasteiger partial charge is 0.392 e. The molecule has 2 fully saturated rings. The topological polar surface area (TPSA) is 20.2 Å². The summed E-state index contributed by atoms with van der Waals surface area (Å²) in [6.07, 6.45) is 10.2. The van der Waals surface area contributed by atoms with Gasteiger partial charge in [-0.3, -0.25) is 0 Å². The predicted molar refractivity (Wildman–Crippen MR) is 86.6 cm³/mol. The summed E-state index contributed by atoms with van der Waals surface area (Å²) in [4.78, 5) is 0. The second kappa shape index (κ2) is 6.62. The summed E-state index contributed by atoms with van der Waals surface area (Å²) >= 11 is 3.51. The van der Waals surface area contributed by atoms with Crippen LogP contribution in [0.2, 0.25) is 0 Å². The van der Waals surface area contributed by atoms with Gasteiger partial charge in [-0.2, -0.15) is 0 Å². The number of halogens is 1. The van der Waals surface area contributed by atoms with Crippen LogP contribution in [0.1, 0.15) is 50.5 Å². The van der Waals surface area contributed by atoms with E-state index in [9.17, 15) is 5.11 Å². The third-order valence-corrected chi connectivity index (χ3v) is 5.95. The summed E-state index contributed by atoms with van der Waals surface area (Å²) < 4.78 is 1.11. The molecule has 2 aliphatic rings. The van der Waals surface area contributed by atoms with Crippen molar-refractivity contribution in [3.63, 3.8) is 0 Å². The number of hydrogen-bond donors (Lipinski definition) is 1. The molecule has 0 spiro atoms. The highest BCUT2D eigenvalue weighted by Gasteiger charge is 2.34. The van der Waals surface area contributed by atoms with Crippen molar-refractivity contribution in [2.75, 3.05) is 0 Å². The van der Waals surface area contributed by atoms with Gasteiger partial charge in [0.2, 0.25) is 0 Å². The van der Waals surface area contributed by atoms with Crippen LogP contribution in [0.25, 0.3) is 0 Å². The Hall–Kier alpha value is -0.340. The van der Waals surface area contributed by atoms with Crippen molar-refractivity contribution in [1.29, 1.82) is 0 Å². The van der Waals surface area contributed by atoms with E-state index in [2.05, 4.69) is 34.1 Å². The summed E-state index contributed by atoms with van der Waals surface area (Å²) in [5.74, 6) is 2.39. The highest BCUT2D eigenvalue weighted by atomic mass is 79.9. The third-order valence-electron chi connectivity index (χ3n) is 5.46. The Balaban J connectivity index is 1.58. The van der Waals surface area contributed by atoms with Crippen molar-refractivity contribution in [1.82, 2.24) is 0 Å². The van der Waals surface area contributed by atoms with E-state index >= 15 is 0 Å². The summed E-state index contributed by atoms with van der Waals surface area (Å²) in [6.45, 7) is 0. The molecule has 4 atom stereocenters. The molecule has 2 aliphatic carbocycles. The van der Waals surface area contributed by atoms with Crippen LogP contribution < -0.4 is 0 Å². The first kappa shape index (κ1) is 14.6. The Morgan fingerprint density at radius 2 is 1.90 bits per heavy atom. The van der Waals surface area contributed by atoms with Crippen LogP contribution in [-0.2, 0) is 6.42 Å². The van der Waals surface area contributed by atoms with Gasteiger partial charge < -0.3 is 5.11 Å². The maximum absolute atomic E-state index is 10.6. The average Bonchev–Trinajstić information content (AvgIpc) is 2.47. The van der Waals surface area contributed by atoms with E-state index in [-0.39, 0.29) is 6.10 Å². The van der Waals surface area contributed by atoms with Crippen LogP contribution >= 0.6 is 15.9 Å². The lowest BCUT2D eigenvalue weighted by Crippen LogP contribution is -2.34. The second-order valence-electron chi connectivity index (χ2n) is 6.78. The van der Waals surface area contributed by atoms with Gasteiger partial charge in [0.1, 0.15) is 0 Å². The van der Waals surface area contributed by atoms with E-state index in [0.29, 0.717) is 5.92 Å². The van der Waals surface area contributed by atoms with E-state index in [1.165, 1.54) is 50.5 Å². The molecule has 2 heteroatoms. The smallest absolute Gasteiger partial charge is 0.0608 e. The normalized spacial score (nSPS) is 31.6. The second-order valence-corrected chi connectivity index (χ2v) is 7.69. The van der Waals surface area contributed by atoms with E-state index in [1.807, 2.05) is 6.07 Å². The molecule has 1 aromatic rings. The zero-order valence-corrected chi connectivity index (χ0v) is 13.7. The molecule has 0 aromatic heterocycles. The minimum Gasteiger partial charge on any atom is -0.392 e. The van der Waals surface area contributed by atoms with E-state index in [0.717, 1.165) is 22.7 Å². The average molecular weight is 337 g/mol. The lowest BCUT2D eigenvalue weighted by atomic mass is 9.66. The summed E-state index contributed by atoms with van der Waals surface area (Å²) in [6, 6.07) is 8.36. The van der Waals surface area contributed by atoms with Gasteiger partial charge in [0.15, 0.2) is 0 Å². The summed E-state index contributed by atoms with van der Waals surface area (Å²) in [5.41, 5.74) is 1.25. The van der Waals surface area contributed by atoms with Crippen LogP contribution in [0, 0.1) is 17.8 Å². The minimum atomic E-state index is -0.160. The van der Waals surface area contributed by atoms with Gasteiger partial charge in [-0.1, -0.05) is 53.7 Å². The molecule has 0 saturated heterocycles. The molecule has 1 N–H and O–H groups in total. The van der Waals surface area contributed by atoms with Gasteiger partial charge >= 0.3 is 0 Å². The number of fused-ring (bicyclic) bond motifs is 1. The molecule has 4 unspecified atom stereocenters. The standard InChI is InChI=1S/C18H25BrO/c19-17-7-3-4-13(10-17)11-18(20)16-9-8-14-5-1-2-6-15(14)12-16/h3-4,7,10,14-16,18,20H,1-2,5-6,8-9,11-12H2. The van der Waals surface area contributed by atoms with Gasteiger partial charge in [0, 0.05) is 4.47 Å². The molecular weight excluding hydrogens is 312 g/mol. The molecule has 0 heterocycles. The highest BCUT2D eigenvalue weighted by Crippen LogP contribution is 2.43. The van der Waals surface area contributed by atoms with Crippen molar-refractivity contribution >= 4 is 15.9 Å². The molecule has 0 bridgehead atoms. The number of aliphatic hydroxyl groups is 1. The fourth-order valence-electron chi connectivity index (χ4n) is 4.33. The number of aliphatic hydroxyl groups excluding tert-OH is 1. The number of benzene rings is 1. The van der Waals surface area contributed by atoms with Crippen LogP contribution in [0.4, 0.5) is 0 Å². The Morgan fingerprint density at radius 1 is 1.10 bits per heavy atom.